The minimum atomic E-state index is 0.169. The van der Waals surface area contributed by atoms with Gasteiger partial charge in [0.1, 0.15) is 5.75 Å². The Kier molecular flexibility index (Phi) is 4.28. The Bertz CT molecular complexity index is 672. The molecule has 22 heavy (non-hydrogen) atoms. The van der Waals surface area contributed by atoms with Crippen molar-refractivity contribution in [2.24, 2.45) is 4.99 Å². The number of ether oxygens (including phenoxy) is 1. The van der Waals surface area contributed by atoms with Crippen LogP contribution in [0.3, 0.4) is 0 Å². The first-order chi connectivity index (χ1) is 10.7. The van der Waals surface area contributed by atoms with E-state index >= 15 is 0 Å². The molecule has 0 fully saturated rings. The fraction of sp³-hybridized carbons (Fsp3) is 0.350. The van der Waals surface area contributed by atoms with Crippen molar-refractivity contribution < 1.29 is 4.74 Å². The van der Waals surface area contributed by atoms with E-state index in [-0.39, 0.29) is 6.04 Å². The number of rotatable bonds is 3. The molecule has 0 saturated carbocycles. The van der Waals surface area contributed by atoms with Gasteiger partial charge in [0.15, 0.2) is 0 Å². The smallest absolute Gasteiger partial charge is 0.118 e. The van der Waals surface area contributed by atoms with E-state index in [1.165, 1.54) is 28.8 Å². The molecule has 2 heteroatoms. The van der Waals surface area contributed by atoms with E-state index in [9.17, 15) is 0 Å². The Balaban J connectivity index is 1.89. The van der Waals surface area contributed by atoms with Crippen LogP contribution in [0.2, 0.25) is 0 Å². The lowest BCUT2D eigenvalue weighted by Gasteiger charge is -2.24. The Labute approximate surface area is 132 Å². The van der Waals surface area contributed by atoms with Gasteiger partial charge >= 0.3 is 0 Å². The molecule has 0 radical (unpaired) electrons. The van der Waals surface area contributed by atoms with Crippen LogP contribution >= 0.6 is 0 Å². The van der Waals surface area contributed by atoms with E-state index in [1.54, 1.807) is 7.11 Å². The predicted octanol–water partition coefficient (Wildman–Crippen LogP) is 5.14. The average Bonchev–Trinajstić information content (AvgIpc) is 2.57. The number of benzene rings is 2. The molecule has 0 aromatic heterocycles. The SMILES string of the molecule is COc1ccc([C@@H](C)/N=C2\CCC(C)c3ccccc32)cc1. The van der Waals surface area contributed by atoms with E-state index in [2.05, 4.69) is 50.2 Å². The zero-order chi connectivity index (χ0) is 15.5. The molecule has 0 saturated heterocycles. The van der Waals surface area contributed by atoms with Crippen LogP contribution in [0, 0.1) is 0 Å². The van der Waals surface area contributed by atoms with Gasteiger partial charge < -0.3 is 4.74 Å². The van der Waals surface area contributed by atoms with Crippen molar-refractivity contribution in [1.82, 2.24) is 0 Å². The third kappa shape index (κ3) is 2.92. The molecular formula is C20H23NO. The maximum atomic E-state index is 5.22. The normalized spacial score (nSPS) is 20.5. The molecule has 0 amide bonds. The molecule has 0 N–H and O–H groups in total. The lowest BCUT2D eigenvalue weighted by atomic mass is 9.82. The van der Waals surface area contributed by atoms with E-state index in [0.717, 1.165) is 12.2 Å². The van der Waals surface area contributed by atoms with Crippen molar-refractivity contribution in [3.05, 3.63) is 65.2 Å². The number of methoxy groups -OCH3 is 1. The quantitative estimate of drug-likeness (QED) is 0.767. The van der Waals surface area contributed by atoms with E-state index < -0.39 is 0 Å². The van der Waals surface area contributed by atoms with E-state index in [4.69, 9.17) is 9.73 Å². The Morgan fingerprint density at radius 1 is 1.09 bits per heavy atom. The fourth-order valence-electron chi connectivity index (χ4n) is 3.16. The van der Waals surface area contributed by atoms with Gasteiger partial charge in [-0.2, -0.15) is 0 Å². The zero-order valence-corrected chi connectivity index (χ0v) is 13.5. The highest BCUT2D eigenvalue weighted by Gasteiger charge is 2.21. The number of hydrogen-bond acceptors (Lipinski definition) is 2. The Morgan fingerprint density at radius 2 is 1.82 bits per heavy atom. The molecule has 1 aliphatic rings. The van der Waals surface area contributed by atoms with Crippen LogP contribution in [0.15, 0.2) is 53.5 Å². The lowest BCUT2D eigenvalue weighted by molar-refractivity contribution is 0.414. The third-order valence-electron chi connectivity index (χ3n) is 4.56. The summed E-state index contributed by atoms with van der Waals surface area (Å²) in [4.78, 5) is 5.01. The lowest BCUT2D eigenvalue weighted by Crippen LogP contribution is -2.15. The van der Waals surface area contributed by atoms with Gasteiger partial charge in [0.25, 0.3) is 0 Å². The summed E-state index contributed by atoms with van der Waals surface area (Å²) in [7, 11) is 1.69. The first-order valence-corrected chi connectivity index (χ1v) is 7.99. The van der Waals surface area contributed by atoms with Gasteiger partial charge in [0.2, 0.25) is 0 Å². The van der Waals surface area contributed by atoms with Crippen molar-refractivity contribution in [2.45, 2.75) is 38.6 Å². The fourth-order valence-corrected chi connectivity index (χ4v) is 3.16. The molecular weight excluding hydrogens is 270 g/mol. The molecule has 3 rings (SSSR count). The van der Waals surface area contributed by atoms with Gasteiger partial charge in [-0.3, -0.25) is 4.99 Å². The van der Waals surface area contributed by atoms with Crippen molar-refractivity contribution in [3.8, 4) is 5.75 Å². The van der Waals surface area contributed by atoms with Gasteiger partial charge in [-0.1, -0.05) is 43.3 Å². The highest BCUT2D eigenvalue weighted by atomic mass is 16.5. The first-order valence-electron chi connectivity index (χ1n) is 7.99. The van der Waals surface area contributed by atoms with Gasteiger partial charge in [-0.25, -0.2) is 0 Å². The number of fused-ring (bicyclic) bond motifs is 1. The zero-order valence-electron chi connectivity index (χ0n) is 13.5. The first kappa shape index (κ1) is 14.8. The van der Waals surface area contributed by atoms with E-state index in [0.29, 0.717) is 5.92 Å². The monoisotopic (exact) mass is 293 g/mol. The standard InChI is InChI=1S/C20H23NO/c1-14-8-13-20(19-7-5-4-6-18(14)19)21-15(2)16-9-11-17(22-3)12-10-16/h4-7,9-12,14-15H,8,13H2,1-3H3/b21-20+/t14?,15-/m1/s1. The molecule has 2 aromatic rings. The summed E-state index contributed by atoms with van der Waals surface area (Å²) in [5, 5.41) is 0. The molecule has 0 spiro atoms. The molecule has 1 unspecified atom stereocenters. The number of hydrogen-bond donors (Lipinski definition) is 0. The van der Waals surface area contributed by atoms with Gasteiger partial charge in [0.05, 0.1) is 13.2 Å². The highest BCUT2D eigenvalue weighted by molar-refractivity contribution is 6.03. The molecule has 1 aliphatic carbocycles. The van der Waals surface area contributed by atoms with Gasteiger partial charge in [0, 0.05) is 5.71 Å². The molecule has 0 bridgehead atoms. The minimum Gasteiger partial charge on any atom is -0.497 e. The van der Waals surface area contributed by atoms with Crippen molar-refractivity contribution in [2.75, 3.05) is 7.11 Å². The molecule has 2 nitrogen and oxygen atoms in total. The van der Waals surface area contributed by atoms with Crippen LogP contribution in [0.25, 0.3) is 0 Å². The number of nitrogens with zero attached hydrogens (tertiary/aromatic N) is 1. The summed E-state index contributed by atoms with van der Waals surface area (Å²) in [6, 6.07) is 17.1. The van der Waals surface area contributed by atoms with Crippen LogP contribution in [0.5, 0.6) is 5.75 Å². The van der Waals surface area contributed by atoms with Crippen molar-refractivity contribution >= 4 is 5.71 Å². The van der Waals surface area contributed by atoms with Crippen LogP contribution < -0.4 is 4.74 Å². The maximum Gasteiger partial charge on any atom is 0.118 e. The van der Waals surface area contributed by atoms with Crippen LogP contribution in [-0.4, -0.2) is 12.8 Å². The van der Waals surface area contributed by atoms with Crippen LogP contribution in [-0.2, 0) is 0 Å². The average molecular weight is 293 g/mol. The summed E-state index contributed by atoms with van der Waals surface area (Å²) in [5.41, 5.74) is 5.25. The maximum absolute atomic E-state index is 5.22. The highest BCUT2D eigenvalue weighted by Crippen LogP contribution is 2.32. The van der Waals surface area contributed by atoms with Crippen LogP contribution in [0.1, 0.15) is 55.3 Å². The van der Waals surface area contributed by atoms with Crippen LogP contribution in [0.4, 0.5) is 0 Å². The number of aliphatic imine (C=N–C) groups is 1. The second-order valence-electron chi connectivity index (χ2n) is 6.05. The second kappa shape index (κ2) is 6.35. The molecule has 2 aromatic carbocycles. The summed E-state index contributed by atoms with van der Waals surface area (Å²) < 4.78 is 5.22. The topological polar surface area (TPSA) is 21.6 Å². The summed E-state index contributed by atoms with van der Waals surface area (Å²) in [6.45, 7) is 4.47. The third-order valence-corrected chi connectivity index (χ3v) is 4.56. The molecule has 2 atom stereocenters. The van der Waals surface area contributed by atoms with Gasteiger partial charge in [-0.05, 0) is 54.5 Å². The molecule has 114 valence electrons. The molecule has 0 heterocycles. The van der Waals surface area contributed by atoms with Crippen molar-refractivity contribution in [1.29, 1.82) is 0 Å². The van der Waals surface area contributed by atoms with Gasteiger partial charge in [-0.15, -0.1) is 0 Å². The Morgan fingerprint density at radius 3 is 2.55 bits per heavy atom. The summed E-state index contributed by atoms with van der Waals surface area (Å²) in [6.07, 6.45) is 2.25. The Hall–Kier alpha value is -2.09. The predicted molar refractivity (Wildman–Crippen MR) is 92.0 cm³/mol. The largest absolute Gasteiger partial charge is 0.497 e. The second-order valence-corrected chi connectivity index (χ2v) is 6.05. The summed E-state index contributed by atoms with van der Waals surface area (Å²) in [5.74, 6) is 1.52. The summed E-state index contributed by atoms with van der Waals surface area (Å²) >= 11 is 0. The van der Waals surface area contributed by atoms with E-state index in [1.807, 2.05) is 12.1 Å². The molecule has 0 aliphatic heterocycles. The van der Waals surface area contributed by atoms with Crippen molar-refractivity contribution in [3.63, 3.8) is 0 Å². The minimum absolute atomic E-state index is 0.169.